The average Bonchev–Trinajstić information content (AvgIpc) is 3.66. The molecule has 5 rings (SSSR count). The van der Waals surface area contributed by atoms with Gasteiger partial charge in [-0.1, -0.05) is 19.9 Å². The van der Waals surface area contributed by atoms with Crippen LogP contribution in [0.4, 0.5) is 4.79 Å². The van der Waals surface area contributed by atoms with E-state index in [0.717, 1.165) is 18.5 Å². The van der Waals surface area contributed by atoms with Gasteiger partial charge in [-0.05, 0) is 79.8 Å². The molecule has 1 aliphatic heterocycles. The topological polar surface area (TPSA) is 87.3 Å². The van der Waals surface area contributed by atoms with Gasteiger partial charge >= 0.3 is 6.09 Å². The van der Waals surface area contributed by atoms with Gasteiger partial charge in [-0.2, -0.15) is 0 Å². The van der Waals surface area contributed by atoms with Crippen LogP contribution < -0.4 is 5.32 Å². The number of aryl methyl sites for hydroxylation is 1. The second-order valence-corrected chi connectivity index (χ2v) is 10.6. The van der Waals surface area contributed by atoms with Crippen molar-refractivity contribution in [1.82, 2.24) is 20.2 Å². The third kappa shape index (κ3) is 4.97. The van der Waals surface area contributed by atoms with Gasteiger partial charge in [0.2, 0.25) is 0 Å². The van der Waals surface area contributed by atoms with Gasteiger partial charge < -0.3 is 19.9 Å². The molecule has 36 heavy (non-hydrogen) atoms. The Morgan fingerprint density at radius 2 is 1.86 bits per heavy atom. The van der Waals surface area contributed by atoms with E-state index in [1.807, 2.05) is 0 Å². The summed E-state index contributed by atoms with van der Waals surface area (Å²) in [7, 11) is 1.48. The minimum absolute atomic E-state index is 0.136. The summed E-state index contributed by atoms with van der Waals surface area (Å²) in [6.45, 7) is 7.76. The summed E-state index contributed by atoms with van der Waals surface area (Å²) < 4.78 is 4.92. The van der Waals surface area contributed by atoms with Crippen LogP contribution in [0, 0.1) is 6.92 Å². The minimum Gasteiger partial charge on any atom is -0.439 e. The summed E-state index contributed by atoms with van der Waals surface area (Å²) in [5, 5.41) is 3.66. The minimum atomic E-state index is -0.580. The number of carbonyl (C=O) groups excluding carboxylic acids is 2. The quantitative estimate of drug-likeness (QED) is 0.473. The Kier molecular flexibility index (Phi) is 6.73. The Balaban J connectivity index is 1.37. The molecule has 1 saturated heterocycles. The highest BCUT2D eigenvalue weighted by atomic mass is 16.6. The van der Waals surface area contributed by atoms with Gasteiger partial charge in [0.05, 0.1) is 5.69 Å². The fourth-order valence-corrected chi connectivity index (χ4v) is 5.49. The highest BCUT2D eigenvalue weighted by Crippen LogP contribution is 2.42. The molecule has 7 nitrogen and oxygen atoms in total. The van der Waals surface area contributed by atoms with Gasteiger partial charge in [0.15, 0.2) is 6.61 Å². The van der Waals surface area contributed by atoms with Crippen molar-refractivity contribution in [2.45, 2.75) is 64.2 Å². The molecule has 7 heteroatoms. The zero-order chi connectivity index (χ0) is 25.4. The molecule has 3 heterocycles. The first-order chi connectivity index (χ1) is 17.3. The fourth-order valence-electron chi connectivity index (χ4n) is 5.49. The highest BCUT2D eigenvalue weighted by molar-refractivity contribution is 5.92. The zero-order valence-electron chi connectivity index (χ0n) is 21.7. The van der Waals surface area contributed by atoms with E-state index >= 15 is 0 Å². The maximum absolute atomic E-state index is 12.4. The van der Waals surface area contributed by atoms with E-state index in [1.54, 1.807) is 4.90 Å². The molecule has 0 radical (unpaired) electrons. The number of nitrogens with zero attached hydrogens (tertiary/aromatic N) is 2. The normalized spacial score (nSPS) is 16.5. The molecule has 2 fully saturated rings. The van der Waals surface area contributed by atoms with Gasteiger partial charge in [-0.3, -0.25) is 9.78 Å². The summed E-state index contributed by atoms with van der Waals surface area (Å²) in [4.78, 5) is 34.0. The van der Waals surface area contributed by atoms with Gasteiger partial charge in [-0.25, -0.2) is 4.79 Å². The molecule has 0 atom stereocenters. The SMILES string of the molecule is CNC(=O)OCC(=O)N1CCC(c2ccc3[nH]c(-c4cc(C)nc(C5CC5)c4)c(C(C)C)c3c2)CC1. The Morgan fingerprint density at radius 3 is 2.53 bits per heavy atom. The molecule has 1 aliphatic carbocycles. The summed E-state index contributed by atoms with van der Waals surface area (Å²) in [6, 6.07) is 11.3. The van der Waals surface area contributed by atoms with Crippen molar-refractivity contribution in [2.24, 2.45) is 0 Å². The van der Waals surface area contributed by atoms with Crippen LogP contribution in [0.2, 0.25) is 0 Å². The van der Waals surface area contributed by atoms with E-state index in [4.69, 9.17) is 9.72 Å². The number of alkyl carbamates (subject to hydrolysis) is 1. The van der Waals surface area contributed by atoms with Crippen LogP contribution in [0.15, 0.2) is 30.3 Å². The second kappa shape index (κ2) is 9.96. The number of carbonyl (C=O) groups is 2. The Morgan fingerprint density at radius 1 is 1.11 bits per heavy atom. The van der Waals surface area contributed by atoms with Gasteiger partial charge in [0, 0.05) is 53.9 Å². The van der Waals surface area contributed by atoms with Crippen LogP contribution in [-0.2, 0) is 9.53 Å². The van der Waals surface area contributed by atoms with Crippen molar-refractivity contribution in [3.05, 3.63) is 52.8 Å². The van der Waals surface area contributed by atoms with Gasteiger partial charge in [0.1, 0.15) is 0 Å². The molecule has 2 aromatic heterocycles. The molecule has 2 amide bonds. The number of pyridine rings is 1. The molecule has 0 unspecified atom stereocenters. The number of piperidine rings is 1. The van der Waals surface area contributed by atoms with E-state index in [2.05, 4.69) is 61.4 Å². The number of nitrogens with one attached hydrogen (secondary N) is 2. The van der Waals surface area contributed by atoms with Crippen LogP contribution in [0.1, 0.15) is 79.8 Å². The number of H-pyrrole nitrogens is 1. The van der Waals surface area contributed by atoms with E-state index in [1.165, 1.54) is 58.9 Å². The first-order valence-corrected chi connectivity index (χ1v) is 13.1. The van der Waals surface area contributed by atoms with E-state index in [-0.39, 0.29) is 12.5 Å². The number of fused-ring (bicyclic) bond motifs is 1. The van der Waals surface area contributed by atoms with E-state index in [0.29, 0.717) is 30.8 Å². The number of hydrogen-bond acceptors (Lipinski definition) is 4. The maximum atomic E-state index is 12.4. The molecule has 2 N–H and O–H groups in total. The van der Waals surface area contributed by atoms with E-state index < -0.39 is 6.09 Å². The number of benzene rings is 1. The lowest BCUT2D eigenvalue weighted by molar-refractivity contribution is -0.135. The standard InChI is InChI=1S/C29H36N4O3/c1-17(2)27-23-14-21(19-9-11-33(12-10-19)26(34)16-36-29(35)30-4)7-8-24(23)32-28(27)22-13-18(3)31-25(15-22)20-5-6-20/h7-8,13-15,17,19-20,32H,5-6,9-12,16H2,1-4H3,(H,30,35). The van der Waals surface area contributed by atoms with Crippen molar-refractivity contribution in [3.63, 3.8) is 0 Å². The number of ether oxygens (including phenoxy) is 1. The summed E-state index contributed by atoms with van der Waals surface area (Å²) in [5.41, 5.74) is 8.59. The van der Waals surface area contributed by atoms with Crippen molar-refractivity contribution in [1.29, 1.82) is 0 Å². The van der Waals surface area contributed by atoms with Crippen LogP contribution in [-0.4, -0.2) is 53.6 Å². The van der Waals surface area contributed by atoms with Crippen LogP contribution in [0.5, 0.6) is 0 Å². The molecule has 3 aromatic rings. The molecular formula is C29H36N4O3. The Labute approximate surface area is 212 Å². The Hall–Kier alpha value is -3.35. The molecular weight excluding hydrogens is 452 g/mol. The number of hydrogen-bond donors (Lipinski definition) is 2. The van der Waals surface area contributed by atoms with E-state index in [9.17, 15) is 9.59 Å². The summed E-state index contributed by atoms with van der Waals surface area (Å²) >= 11 is 0. The molecule has 2 aliphatic rings. The average molecular weight is 489 g/mol. The summed E-state index contributed by atoms with van der Waals surface area (Å²) in [5.74, 6) is 1.27. The largest absolute Gasteiger partial charge is 0.439 e. The van der Waals surface area contributed by atoms with Crippen molar-refractivity contribution in [3.8, 4) is 11.3 Å². The predicted molar refractivity (Wildman–Crippen MR) is 141 cm³/mol. The lowest BCUT2D eigenvalue weighted by atomic mass is 9.87. The molecule has 190 valence electrons. The van der Waals surface area contributed by atoms with Gasteiger partial charge in [0.25, 0.3) is 5.91 Å². The summed E-state index contributed by atoms with van der Waals surface area (Å²) in [6.07, 6.45) is 3.71. The van der Waals surface area contributed by atoms with Crippen molar-refractivity contribution in [2.75, 3.05) is 26.7 Å². The number of rotatable bonds is 6. The molecule has 1 aromatic carbocycles. The first-order valence-electron chi connectivity index (χ1n) is 13.1. The van der Waals surface area contributed by atoms with Crippen molar-refractivity contribution >= 4 is 22.9 Å². The van der Waals surface area contributed by atoms with Crippen LogP contribution in [0.3, 0.4) is 0 Å². The maximum Gasteiger partial charge on any atom is 0.407 e. The number of likely N-dealkylation sites (tertiary alicyclic amines) is 1. The van der Waals surface area contributed by atoms with Crippen LogP contribution >= 0.6 is 0 Å². The molecule has 1 saturated carbocycles. The zero-order valence-corrected chi connectivity index (χ0v) is 21.7. The highest BCUT2D eigenvalue weighted by Gasteiger charge is 2.28. The smallest absolute Gasteiger partial charge is 0.407 e. The fraction of sp³-hybridized carbons (Fsp3) is 0.483. The third-order valence-corrected chi connectivity index (χ3v) is 7.55. The third-order valence-electron chi connectivity index (χ3n) is 7.55. The van der Waals surface area contributed by atoms with Crippen LogP contribution in [0.25, 0.3) is 22.2 Å². The molecule has 0 bridgehead atoms. The lowest BCUT2D eigenvalue weighted by Crippen LogP contribution is -2.40. The lowest BCUT2D eigenvalue weighted by Gasteiger charge is -2.32. The monoisotopic (exact) mass is 488 g/mol. The number of aromatic nitrogens is 2. The first kappa shape index (κ1) is 24.3. The Bertz CT molecular complexity index is 1280. The molecule has 0 spiro atoms. The number of amides is 2. The van der Waals surface area contributed by atoms with Crippen molar-refractivity contribution < 1.29 is 14.3 Å². The predicted octanol–water partition coefficient (Wildman–Crippen LogP) is 5.60. The van der Waals surface area contributed by atoms with Gasteiger partial charge in [-0.15, -0.1) is 0 Å². The second-order valence-electron chi connectivity index (χ2n) is 10.6. The number of aromatic amines is 1.